The van der Waals surface area contributed by atoms with Gasteiger partial charge in [-0.05, 0) is 19.2 Å². The van der Waals surface area contributed by atoms with Crippen molar-refractivity contribution in [1.29, 1.82) is 0 Å². The number of nitrogens with zero attached hydrogens (tertiary/aromatic N) is 7. The number of aryl methyl sites for hydroxylation is 1. The summed E-state index contributed by atoms with van der Waals surface area (Å²) in [7, 11) is 1.58. The smallest absolute Gasteiger partial charge is 0.227 e. The average Bonchev–Trinajstić information content (AvgIpc) is 2.79. The van der Waals surface area contributed by atoms with Crippen LogP contribution in [0.25, 0.3) is 11.4 Å². The molecule has 0 amide bonds. The molecule has 0 radical (unpaired) electrons. The number of ether oxygens (including phenoxy) is 2. The van der Waals surface area contributed by atoms with E-state index in [1.807, 2.05) is 19.2 Å². The van der Waals surface area contributed by atoms with Crippen molar-refractivity contribution in [1.82, 2.24) is 29.9 Å². The van der Waals surface area contributed by atoms with Crippen LogP contribution in [0.5, 0.6) is 5.88 Å². The Bertz CT molecular complexity index is 1010. The molecule has 10 nitrogen and oxygen atoms in total. The molecule has 0 aliphatic carbocycles. The van der Waals surface area contributed by atoms with Crippen molar-refractivity contribution in [2.75, 3.05) is 49.9 Å². The molecule has 1 fully saturated rings. The Balaban J connectivity index is 1.74. The summed E-state index contributed by atoms with van der Waals surface area (Å²) in [5, 5.41) is 3.97. The lowest BCUT2D eigenvalue weighted by Crippen LogP contribution is -2.37. The summed E-state index contributed by atoms with van der Waals surface area (Å²) in [6.07, 6.45) is 5.36. The lowest BCUT2D eigenvalue weighted by atomic mass is 10.2. The molecule has 0 atom stereocenters. The van der Waals surface area contributed by atoms with Crippen LogP contribution in [0.15, 0.2) is 29.7 Å². The molecule has 0 unspecified atom stereocenters. The Hall–Kier alpha value is -3.05. The monoisotopic (exact) mass is 426 g/mol. The van der Waals surface area contributed by atoms with E-state index in [1.165, 1.54) is 11.8 Å². The highest BCUT2D eigenvalue weighted by Crippen LogP contribution is 2.29. The number of aromatic nitrogens is 6. The third-order valence-corrected chi connectivity index (χ3v) is 4.98. The summed E-state index contributed by atoms with van der Waals surface area (Å²) >= 11 is 1.46. The Morgan fingerprint density at radius 2 is 1.90 bits per heavy atom. The zero-order chi connectivity index (χ0) is 20.9. The molecule has 1 aliphatic rings. The van der Waals surface area contributed by atoms with Crippen LogP contribution >= 0.6 is 11.8 Å². The fourth-order valence-corrected chi connectivity index (χ4v) is 3.33. The van der Waals surface area contributed by atoms with Gasteiger partial charge >= 0.3 is 0 Å². The van der Waals surface area contributed by atoms with Gasteiger partial charge in [-0.25, -0.2) is 24.9 Å². The number of rotatable bonds is 6. The molecule has 4 heterocycles. The van der Waals surface area contributed by atoms with E-state index in [0.29, 0.717) is 53.2 Å². The largest absolute Gasteiger partial charge is 0.481 e. The highest BCUT2D eigenvalue weighted by atomic mass is 32.2. The summed E-state index contributed by atoms with van der Waals surface area (Å²) in [4.78, 5) is 29.1. The first-order valence-corrected chi connectivity index (χ1v) is 10.6. The van der Waals surface area contributed by atoms with Crippen molar-refractivity contribution in [2.24, 2.45) is 0 Å². The van der Waals surface area contributed by atoms with Gasteiger partial charge in [0.05, 0.1) is 37.8 Å². The Kier molecular flexibility index (Phi) is 6.19. The number of anilines is 3. The maximum atomic E-state index is 5.44. The maximum Gasteiger partial charge on any atom is 0.227 e. The summed E-state index contributed by atoms with van der Waals surface area (Å²) in [6, 6.07) is 3.66. The predicted octanol–water partition coefficient (Wildman–Crippen LogP) is 2.34. The molecule has 11 heteroatoms. The van der Waals surface area contributed by atoms with Gasteiger partial charge in [0.15, 0.2) is 11.0 Å². The van der Waals surface area contributed by atoms with E-state index in [9.17, 15) is 0 Å². The second-order valence-corrected chi connectivity index (χ2v) is 7.21. The first kappa shape index (κ1) is 20.2. The normalized spacial score (nSPS) is 13.9. The molecule has 30 heavy (non-hydrogen) atoms. The number of pyridine rings is 1. The average molecular weight is 427 g/mol. The molecule has 1 N–H and O–H groups in total. The van der Waals surface area contributed by atoms with Gasteiger partial charge in [-0.1, -0.05) is 11.8 Å². The zero-order valence-corrected chi connectivity index (χ0v) is 17.8. The van der Waals surface area contributed by atoms with Crippen molar-refractivity contribution in [3.63, 3.8) is 0 Å². The molecular formula is C19H22N8O2S. The number of thioether (sulfide) groups is 1. The number of methoxy groups -OCH3 is 1. The van der Waals surface area contributed by atoms with E-state index in [4.69, 9.17) is 14.5 Å². The second kappa shape index (κ2) is 9.18. The first-order valence-electron chi connectivity index (χ1n) is 9.40. The lowest BCUT2D eigenvalue weighted by Gasteiger charge is -2.27. The number of hydrogen-bond donors (Lipinski definition) is 1. The molecule has 3 aromatic heterocycles. The van der Waals surface area contributed by atoms with Crippen LogP contribution in [0.4, 0.5) is 17.5 Å². The summed E-state index contributed by atoms with van der Waals surface area (Å²) < 4.78 is 10.6. The minimum atomic E-state index is 0.518. The van der Waals surface area contributed by atoms with E-state index in [0.717, 1.165) is 18.8 Å². The van der Waals surface area contributed by atoms with Crippen molar-refractivity contribution >= 4 is 29.2 Å². The van der Waals surface area contributed by atoms with Crippen molar-refractivity contribution < 1.29 is 9.47 Å². The lowest BCUT2D eigenvalue weighted by molar-refractivity contribution is 0.122. The quantitative estimate of drug-likeness (QED) is 0.586. The molecule has 1 aliphatic heterocycles. The molecule has 156 valence electrons. The molecule has 1 saturated heterocycles. The van der Waals surface area contributed by atoms with Crippen LogP contribution in [-0.2, 0) is 4.74 Å². The van der Waals surface area contributed by atoms with E-state index in [1.54, 1.807) is 25.6 Å². The predicted molar refractivity (Wildman–Crippen MR) is 114 cm³/mol. The molecule has 0 spiro atoms. The molecule has 0 aromatic carbocycles. The van der Waals surface area contributed by atoms with Gasteiger partial charge in [0.2, 0.25) is 11.8 Å². The highest BCUT2D eigenvalue weighted by molar-refractivity contribution is 7.98. The standard InChI is InChI=1S/C19H22N8O2S/c1-12-22-16(26-19(23-12)30-3)14-11-21-18(27-6-8-29-9-7-27)25-17(14)24-13-4-5-15(28-2)20-10-13/h4-5,10-11H,6-9H2,1-3H3,(H,21,24,25). The third-order valence-electron chi connectivity index (χ3n) is 4.43. The van der Waals surface area contributed by atoms with Gasteiger partial charge in [0, 0.05) is 25.4 Å². The molecule has 4 rings (SSSR count). The molecule has 0 saturated carbocycles. The minimum absolute atomic E-state index is 0.518. The number of hydrogen-bond acceptors (Lipinski definition) is 11. The number of morpholine rings is 1. The van der Waals surface area contributed by atoms with Gasteiger partial charge in [0.1, 0.15) is 11.6 Å². The fourth-order valence-electron chi connectivity index (χ4n) is 2.93. The molecule has 0 bridgehead atoms. The second-order valence-electron chi connectivity index (χ2n) is 6.44. The van der Waals surface area contributed by atoms with Gasteiger partial charge in [0.25, 0.3) is 0 Å². The topological polar surface area (TPSA) is 111 Å². The van der Waals surface area contributed by atoms with Gasteiger partial charge < -0.3 is 19.7 Å². The van der Waals surface area contributed by atoms with Crippen LogP contribution in [-0.4, -0.2) is 69.6 Å². The van der Waals surface area contributed by atoms with E-state index >= 15 is 0 Å². The van der Waals surface area contributed by atoms with E-state index in [2.05, 4.69) is 35.1 Å². The fraction of sp³-hybridized carbons (Fsp3) is 0.368. The van der Waals surface area contributed by atoms with Crippen LogP contribution < -0.4 is 15.0 Å². The highest BCUT2D eigenvalue weighted by Gasteiger charge is 2.19. The Labute approximate surface area is 178 Å². The van der Waals surface area contributed by atoms with E-state index < -0.39 is 0 Å². The van der Waals surface area contributed by atoms with Crippen LogP contribution in [0.2, 0.25) is 0 Å². The van der Waals surface area contributed by atoms with Gasteiger partial charge in [-0.15, -0.1) is 0 Å². The molecular weight excluding hydrogens is 404 g/mol. The van der Waals surface area contributed by atoms with Crippen LogP contribution in [0.1, 0.15) is 5.82 Å². The van der Waals surface area contributed by atoms with E-state index in [-0.39, 0.29) is 0 Å². The van der Waals surface area contributed by atoms with Gasteiger partial charge in [-0.3, -0.25) is 0 Å². The van der Waals surface area contributed by atoms with Crippen LogP contribution in [0.3, 0.4) is 0 Å². The van der Waals surface area contributed by atoms with Crippen molar-refractivity contribution in [3.8, 4) is 17.3 Å². The summed E-state index contributed by atoms with van der Waals surface area (Å²) in [5.41, 5.74) is 1.45. The number of nitrogens with one attached hydrogen (secondary N) is 1. The maximum absolute atomic E-state index is 5.44. The zero-order valence-electron chi connectivity index (χ0n) is 17.0. The Morgan fingerprint density at radius 3 is 2.60 bits per heavy atom. The van der Waals surface area contributed by atoms with Gasteiger partial charge in [-0.2, -0.15) is 4.98 Å². The minimum Gasteiger partial charge on any atom is -0.481 e. The SMILES string of the molecule is COc1ccc(Nc2nc(N3CCOCC3)ncc2-c2nc(C)nc(SC)n2)cn1. The van der Waals surface area contributed by atoms with Crippen LogP contribution in [0, 0.1) is 6.92 Å². The van der Waals surface area contributed by atoms with Crippen molar-refractivity contribution in [2.45, 2.75) is 12.1 Å². The summed E-state index contributed by atoms with van der Waals surface area (Å²) in [6.45, 7) is 4.63. The van der Waals surface area contributed by atoms with Crippen molar-refractivity contribution in [3.05, 3.63) is 30.4 Å². The Morgan fingerprint density at radius 1 is 1.07 bits per heavy atom. The summed E-state index contributed by atoms with van der Waals surface area (Å²) in [5.74, 6) is 2.91. The third kappa shape index (κ3) is 4.57. The first-order chi connectivity index (χ1) is 14.7. The molecule has 3 aromatic rings.